The molecule has 3 rings (SSSR count). The maximum absolute atomic E-state index is 13.3. The molecule has 174 valence electrons. The van der Waals surface area contributed by atoms with Crippen LogP contribution in [0, 0.1) is 12.3 Å². The standard InChI is InChI=1S/C27H32N2O4/c1-6-9-23(21-12-10-18(4)11-13-21)28-26(32)29-24(31)27(7-2,8-3)25(29)33-22-16-14-20(15-17-22)19(5)30/h6,10-17,23,25H,1,7-9H2,2-5H3,(H,28,32)/t23-,25+/m1/s1. The molecule has 0 bridgehead atoms. The van der Waals surface area contributed by atoms with E-state index in [9.17, 15) is 14.4 Å². The van der Waals surface area contributed by atoms with Crippen LogP contribution in [0.5, 0.6) is 5.75 Å². The van der Waals surface area contributed by atoms with Crippen molar-refractivity contribution in [2.45, 2.75) is 59.2 Å². The number of urea groups is 1. The van der Waals surface area contributed by atoms with Gasteiger partial charge in [-0.25, -0.2) is 9.69 Å². The first-order valence-corrected chi connectivity index (χ1v) is 11.4. The molecule has 0 saturated carbocycles. The van der Waals surface area contributed by atoms with E-state index in [1.54, 1.807) is 30.3 Å². The van der Waals surface area contributed by atoms with Gasteiger partial charge in [-0.15, -0.1) is 6.58 Å². The minimum atomic E-state index is -0.769. The zero-order valence-corrected chi connectivity index (χ0v) is 19.8. The fourth-order valence-corrected chi connectivity index (χ4v) is 4.26. The van der Waals surface area contributed by atoms with Gasteiger partial charge >= 0.3 is 6.03 Å². The van der Waals surface area contributed by atoms with E-state index in [0.717, 1.165) is 11.1 Å². The molecule has 0 aliphatic carbocycles. The second-order valence-corrected chi connectivity index (χ2v) is 8.53. The van der Waals surface area contributed by atoms with E-state index >= 15 is 0 Å². The Bertz CT molecular complexity index is 1020. The highest BCUT2D eigenvalue weighted by atomic mass is 16.5. The van der Waals surface area contributed by atoms with Crippen molar-refractivity contribution in [2.75, 3.05) is 0 Å². The number of ketones is 1. The number of carbonyl (C=O) groups excluding carboxylic acids is 3. The zero-order chi connectivity index (χ0) is 24.2. The van der Waals surface area contributed by atoms with E-state index in [1.165, 1.54) is 11.8 Å². The maximum Gasteiger partial charge on any atom is 0.327 e. The first kappa shape index (κ1) is 24.2. The Hall–Kier alpha value is -3.41. The molecule has 3 amide bonds. The Morgan fingerprint density at radius 2 is 1.73 bits per heavy atom. The Labute approximate surface area is 195 Å². The van der Waals surface area contributed by atoms with Crippen LogP contribution in [0.4, 0.5) is 4.79 Å². The number of amides is 3. The van der Waals surface area contributed by atoms with Crippen molar-refractivity contribution in [3.05, 3.63) is 77.9 Å². The van der Waals surface area contributed by atoms with Crippen molar-refractivity contribution in [3.8, 4) is 5.75 Å². The predicted molar refractivity (Wildman–Crippen MR) is 128 cm³/mol. The van der Waals surface area contributed by atoms with Crippen molar-refractivity contribution < 1.29 is 19.1 Å². The third-order valence-electron chi connectivity index (χ3n) is 6.52. The first-order chi connectivity index (χ1) is 15.8. The van der Waals surface area contributed by atoms with E-state index in [0.29, 0.717) is 30.6 Å². The van der Waals surface area contributed by atoms with Gasteiger partial charge in [0.25, 0.3) is 0 Å². The molecule has 1 saturated heterocycles. The fraction of sp³-hybridized carbons (Fsp3) is 0.370. The third-order valence-corrected chi connectivity index (χ3v) is 6.52. The molecule has 6 heteroatoms. The minimum absolute atomic E-state index is 0.0396. The van der Waals surface area contributed by atoms with Crippen molar-refractivity contribution in [2.24, 2.45) is 5.41 Å². The summed E-state index contributed by atoms with van der Waals surface area (Å²) in [6, 6.07) is 13.9. The number of Topliss-reactive ketones (excluding diaryl/α,β-unsaturated/α-hetero) is 1. The number of likely N-dealkylation sites (tertiary alicyclic amines) is 1. The summed E-state index contributed by atoms with van der Waals surface area (Å²) in [4.78, 5) is 39.2. The minimum Gasteiger partial charge on any atom is -0.469 e. The van der Waals surface area contributed by atoms with Crippen LogP contribution in [0.15, 0.2) is 61.2 Å². The fourth-order valence-electron chi connectivity index (χ4n) is 4.26. The second kappa shape index (κ2) is 10.0. The lowest BCUT2D eigenvalue weighted by atomic mass is 9.72. The Morgan fingerprint density at radius 3 is 2.24 bits per heavy atom. The molecule has 0 aromatic heterocycles. The highest BCUT2D eigenvalue weighted by Gasteiger charge is 2.63. The number of ether oxygens (including phenoxy) is 1. The molecule has 1 N–H and O–H groups in total. The topological polar surface area (TPSA) is 75.7 Å². The zero-order valence-electron chi connectivity index (χ0n) is 19.8. The summed E-state index contributed by atoms with van der Waals surface area (Å²) >= 11 is 0. The number of hydrogen-bond donors (Lipinski definition) is 1. The molecular weight excluding hydrogens is 416 g/mol. The Kier molecular flexibility index (Phi) is 7.36. The van der Waals surface area contributed by atoms with E-state index in [4.69, 9.17) is 4.74 Å². The highest BCUT2D eigenvalue weighted by molar-refractivity contribution is 6.03. The summed E-state index contributed by atoms with van der Waals surface area (Å²) in [5.74, 6) is 0.224. The first-order valence-electron chi connectivity index (χ1n) is 11.4. The predicted octanol–water partition coefficient (Wildman–Crippen LogP) is 5.58. The van der Waals surface area contributed by atoms with Crippen LogP contribution in [0.1, 0.15) is 67.6 Å². The van der Waals surface area contributed by atoms with E-state index in [1.807, 2.05) is 45.0 Å². The summed E-state index contributed by atoms with van der Waals surface area (Å²) in [6.07, 6.45) is 2.65. The van der Waals surface area contributed by atoms with E-state index < -0.39 is 17.7 Å². The molecule has 1 aliphatic heterocycles. The molecular formula is C27H32N2O4. The lowest BCUT2D eigenvalue weighted by molar-refractivity contribution is -0.190. The smallest absolute Gasteiger partial charge is 0.327 e. The molecule has 0 spiro atoms. The van der Waals surface area contributed by atoms with Crippen LogP contribution in [0.3, 0.4) is 0 Å². The van der Waals surface area contributed by atoms with Gasteiger partial charge in [0, 0.05) is 5.56 Å². The van der Waals surface area contributed by atoms with Gasteiger partial charge in [-0.05, 0) is 62.9 Å². The second-order valence-electron chi connectivity index (χ2n) is 8.53. The molecule has 0 radical (unpaired) electrons. The molecule has 1 heterocycles. The largest absolute Gasteiger partial charge is 0.469 e. The van der Waals surface area contributed by atoms with Gasteiger partial charge in [0.15, 0.2) is 12.0 Å². The SMILES string of the molecule is C=CC[C@@H](NC(=O)N1C(=O)C(CC)(CC)[C@@H]1Oc1ccc(C(C)=O)cc1)c1ccc(C)cc1. The Balaban J connectivity index is 1.84. The van der Waals surface area contributed by atoms with Crippen molar-refractivity contribution in [3.63, 3.8) is 0 Å². The number of hydrogen-bond acceptors (Lipinski definition) is 4. The molecule has 2 atom stereocenters. The van der Waals surface area contributed by atoms with Gasteiger partial charge in [-0.3, -0.25) is 9.59 Å². The molecule has 1 aliphatic rings. The highest BCUT2D eigenvalue weighted by Crippen LogP contribution is 2.46. The molecule has 0 unspecified atom stereocenters. The van der Waals surface area contributed by atoms with Crippen LogP contribution in [-0.4, -0.2) is 28.8 Å². The van der Waals surface area contributed by atoms with E-state index in [-0.39, 0.29) is 17.7 Å². The average molecular weight is 449 g/mol. The Morgan fingerprint density at radius 1 is 1.12 bits per heavy atom. The van der Waals surface area contributed by atoms with Gasteiger partial charge in [-0.2, -0.15) is 0 Å². The van der Waals surface area contributed by atoms with Crippen molar-refractivity contribution in [1.82, 2.24) is 10.2 Å². The quantitative estimate of drug-likeness (QED) is 0.309. The third kappa shape index (κ3) is 4.70. The molecule has 33 heavy (non-hydrogen) atoms. The summed E-state index contributed by atoms with van der Waals surface area (Å²) in [5.41, 5.74) is 1.87. The number of nitrogens with one attached hydrogen (secondary N) is 1. The number of carbonyl (C=O) groups is 3. The molecule has 2 aromatic carbocycles. The van der Waals surface area contributed by atoms with Crippen molar-refractivity contribution >= 4 is 17.7 Å². The average Bonchev–Trinajstić information content (AvgIpc) is 2.80. The number of imide groups is 1. The lowest BCUT2D eigenvalue weighted by Gasteiger charge is -2.53. The van der Waals surface area contributed by atoms with Gasteiger partial charge in [0.2, 0.25) is 5.91 Å². The summed E-state index contributed by atoms with van der Waals surface area (Å²) in [5, 5.41) is 2.98. The normalized spacial score (nSPS) is 17.6. The van der Waals surface area contributed by atoms with Crippen LogP contribution in [-0.2, 0) is 4.79 Å². The van der Waals surface area contributed by atoms with Crippen LogP contribution in [0.2, 0.25) is 0 Å². The summed E-state index contributed by atoms with van der Waals surface area (Å²) < 4.78 is 6.16. The monoisotopic (exact) mass is 448 g/mol. The summed E-state index contributed by atoms with van der Waals surface area (Å²) in [7, 11) is 0. The number of β-lactam (4-membered cyclic amide) rings is 1. The van der Waals surface area contributed by atoms with Crippen molar-refractivity contribution in [1.29, 1.82) is 0 Å². The van der Waals surface area contributed by atoms with Crippen LogP contribution >= 0.6 is 0 Å². The molecule has 2 aromatic rings. The van der Waals surface area contributed by atoms with Gasteiger partial charge in [0.05, 0.1) is 6.04 Å². The summed E-state index contributed by atoms with van der Waals surface area (Å²) in [6.45, 7) is 11.2. The van der Waals surface area contributed by atoms with E-state index in [2.05, 4.69) is 11.9 Å². The maximum atomic E-state index is 13.3. The lowest BCUT2D eigenvalue weighted by Crippen LogP contribution is -2.73. The van der Waals surface area contributed by atoms with Gasteiger partial charge < -0.3 is 10.1 Å². The van der Waals surface area contributed by atoms with Crippen LogP contribution < -0.4 is 10.1 Å². The van der Waals surface area contributed by atoms with Gasteiger partial charge in [0.1, 0.15) is 11.2 Å². The number of benzene rings is 2. The number of aryl methyl sites for hydroxylation is 1. The molecule has 1 fully saturated rings. The molecule has 6 nitrogen and oxygen atoms in total. The number of rotatable bonds is 9. The van der Waals surface area contributed by atoms with Gasteiger partial charge in [-0.1, -0.05) is 49.8 Å². The van der Waals surface area contributed by atoms with Crippen LogP contribution in [0.25, 0.3) is 0 Å². The number of nitrogens with zero attached hydrogens (tertiary/aromatic N) is 1.